The van der Waals surface area contributed by atoms with Crippen molar-refractivity contribution in [3.8, 4) is 0 Å². The van der Waals surface area contributed by atoms with E-state index in [2.05, 4.69) is 37.5 Å². The van der Waals surface area contributed by atoms with Crippen molar-refractivity contribution in [3.05, 3.63) is 34.3 Å². The molecule has 1 fully saturated rings. The summed E-state index contributed by atoms with van der Waals surface area (Å²) in [6.07, 6.45) is 6.45. The normalized spacial score (nSPS) is 24.9. The van der Waals surface area contributed by atoms with Crippen LogP contribution in [0, 0.1) is 12.8 Å². The van der Waals surface area contributed by atoms with Crippen molar-refractivity contribution in [1.29, 1.82) is 0 Å². The van der Waals surface area contributed by atoms with E-state index in [0.29, 0.717) is 6.04 Å². The molecule has 1 aromatic carbocycles. The van der Waals surface area contributed by atoms with E-state index in [0.717, 1.165) is 17.4 Å². The standard InChI is InChI=1S/C15H22ClN/c1-11-6-7-13(15(16)8-11)9-12-4-3-5-14(10-12)17-2/h6-8,12,14,17H,3-5,9-10H2,1-2H3. The monoisotopic (exact) mass is 251 g/mol. The van der Waals surface area contributed by atoms with E-state index in [-0.39, 0.29) is 0 Å². The highest BCUT2D eigenvalue weighted by Crippen LogP contribution is 2.29. The zero-order chi connectivity index (χ0) is 12.3. The van der Waals surface area contributed by atoms with Gasteiger partial charge < -0.3 is 5.32 Å². The molecule has 0 heterocycles. The molecule has 2 atom stereocenters. The van der Waals surface area contributed by atoms with Crippen LogP contribution in [0.15, 0.2) is 18.2 Å². The molecule has 2 unspecified atom stereocenters. The van der Waals surface area contributed by atoms with Crippen LogP contribution >= 0.6 is 11.6 Å². The lowest BCUT2D eigenvalue weighted by Gasteiger charge is -2.29. The third kappa shape index (κ3) is 3.46. The van der Waals surface area contributed by atoms with Crippen LogP contribution in [0.1, 0.15) is 36.8 Å². The van der Waals surface area contributed by atoms with Gasteiger partial charge in [-0.05, 0) is 56.3 Å². The molecule has 2 rings (SSSR count). The number of rotatable bonds is 3. The summed E-state index contributed by atoms with van der Waals surface area (Å²) in [4.78, 5) is 0. The minimum atomic E-state index is 0.706. The van der Waals surface area contributed by atoms with Crippen LogP contribution in [0.3, 0.4) is 0 Å². The fraction of sp³-hybridized carbons (Fsp3) is 0.600. The van der Waals surface area contributed by atoms with E-state index in [1.165, 1.54) is 36.8 Å². The van der Waals surface area contributed by atoms with Gasteiger partial charge in [-0.1, -0.05) is 36.6 Å². The zero-order valence-corrected chi connectivity index (χ0v) is 11.6. The van der Waals surface area contributed by atoms with Crippen LogP contribution in [-0.4, -0.2) is 13.1 Å². The molecule has 0 radical (unpaired) electrons. The topological polar surface area (TPSA) is 12.0 Å². The first-order chi connectivity index (χ1) is 8.19. The van der Waals surface area contributed by atoms with Gasteiger partial charge in [-0.25, -0.2) is 0 Å². The van der Waals surface area contributed by atoms with E-state index in [1.807, 2.05) is 0 Å². The molecule has 1 saturated carbocycles. The van der Waals surface area contributed by atoms with Gasteiger partial charge >= 0.3 is 0 Å². The summed E-state index contributed by atoms with van der Waals surface area (Å²) in [7, 11) is 2.08. The second kappa shape index (κ2) is 5.88. The Morgan fingerprint density at radius 1 is 1.35 bits per heavy atom. The van der Waals surface area contributed by atoms with Gasteiger partial charge in [-0.2, -0.15) is 0 Å². The lowest BCUT2D eigenvalue weighted by molar-refractivity contribution is 0.294. The average molecular weight is 252 g/mol. The molecular formula is C15H22ClN. The van der Waals surface area contributed by atoms with Crippen LogP contribution in [0.2, 0.25) is 5.02 Å². The van der Waals surface area contributed by atoms with Gasteiger partial charge in [0.15, 0.2) is 0 Å². The maximum Gasteiger partial charge on any atom is 0.0440 e. The summed E-state index contributed by atoms with van der Waals surface area (Å²) in [5.74, 6) is 0.793. The van der Waals surface area contributed by atoms with Gasteiger partial charge in [0.1, 0.15) is 0 Å². The Kier molecular flexibility index (Phi) is 4.47. The van der Waals surface area contributed by atoms with Crippen molar-refractivity contribution < 1.29 is 0 Å². The highest BCUT2D eigenvalue weighted by atomic mass is 35.5. The molecule has 1 N–H and O–H groups in total. The maximum absolute atomic E-state index is 6.30. The van der Waals surface area contributed by atoms with Gasteiger partial charge in [-0.15, -0.1) is 0 Å². The Morgan fingerprint density at radius 2 is 2.18 bits per heavy atom. The first-order valence-corrected chi connectivity index (χ1v) is 6.99. The maximum atomic E-state index is 6.30. The van der Waals surface area contributed by atoms with Crippen LogP contribution < -0.4 is 5.32 Å². The third-order valence-electron chi connectivity index (χ3n) is 3.91. The van der Waals surface area contributed by atoms with E-state index >= 15 is 0 Å². The van der Waals surface area contributed by atoms with E-state index in [9.17, 15) is 0 Å². The molecule has 0 aromatic heterocycles. The third-order valence-corrected chi connectivity index (χ3v) is 4.26. The number of halogens is 1. The van der Waals surface area contributed by atoms with Crippen molar-refractivity contribution in [2.75, 3.05) is 7.05 Å². The summed E-state index contributed by atoms with van der Waals surface area (Å²) < 4.78 is 0. The zero-order valence-electron chi connectivity index (χ0n) is 10.8. The first kappa shape index (κ1) is 12.9. The Balaban J connectivity index is 2.00. The molecule has 0 amide bonds. The summed E-state index contributed by atoms with van der Waals surface area (Å²) >= 11 is 6.30. The molecule has 1 aromatic rings. The molecule has 0 saturated heterocycles. The minimum Gasteiger partial charge on any atom is -0.317 e. The fourth-order valence-electron chi connectivity index (χ4n) is 2.87. The summed E-state index contributed by atoms with van der Waals surface area (Å²) in [5.41, 5.74) is 2.56. The smallest absolute Gasteiger partial charge is 0.0440 e. The van der Waals surface area contributed by atoms with Gasteiger partial charge in [0.05, 0.1) is 0 Å². The number of aryl methyl sites for hydroxylation is 1. The van der Waals surface area contributed by atoms with Crippen LogP contribution in [-0.2, 0) is 6.42 Å². The average Bonchev–Trinajstić information content (AvgIpc) is 2.33. The number of nitrogens with one attached hydrogen (secondary N) is 1. The molecule has 0 spiro atoms. The predicted octanol–water partition coefficient (Wildman–Crippen LogP) is 3.97. The molecule has 17 heavy (non-hydrogen) atoms. The first-order valence-electron chi connectivity index (χ1n) is 6.61. The van der Waals surface area contributed by atoms with Crippen molar-refractivity contribution in [1.82, 2.24) is 5.32 Å². The fourth-order valence-corrected chi connectivity index (χ4v) is 3.18. The molecule has 2 heteroatoms. The van der Waals surface area contributed by atoms with Crippen molar-refractivity contribution in [2.24, 2.45) is 5.92 Å². The lowest BCUT2D eigenvalue weighted by atomic mass is 9.82. The molecule has 1 aliphatic carbocycles. The highest BCUT2D eigenvalue weighted by Gasteiger charge is 2.21. The number of hydrogen-bond donors (Lipinski definition) is 1. The van der Waals surface area contributed by atoms with Crippen LogP contribution in [0.5, 0.6) is 0 Å². The van der Waals surface area contributed by atoms with Crippen LogP contribution in [0.4, 0.5) is 0 Å². The van der Waals surface area contributed by atoms with Crippen molar-refractivity contribution in [2.45, 2.75) is 45.1 Å². The Labute approximate surface area is 110 Å². The molecule has 1 nitrogen and oxygen atoms in total. The molecule has 0 aliphatic heterocycles. The molecule has 0 bridgehead atoms. The Morgan fingerprint density at radius 3 is 2.88 bits per heavy atom. The van der Waals surface area contributed by atoms with E-state index < -0.39 is 0 Å². The largest absolute Gasteiger partial charge is 0.317 e. The highest BCUT2D eigenvalue weighted by molar-refractivity contribution is 6.31. The predicted molar refractivity (Wildman–Crippen MR) is 74.7 cm³/mol. The van der Waals surface area contributed by atoms with E-state index in [4.69, 9.17) is 11.6 Å². The van der Waals surface area contributed by atoms with Crippen LogP contribution in [0.25, 0.3) is 0 Å². The number of benzene rings is 1. The van der Waals surface area contributed by atoms with Crippen molar-refractivity contribution in [3.63, 3.8) is 0 Å². The summed E-state index contributed by atoms with van der Waals surface area (Å²) in [6.45, 7) is 2.09. The van der Waals surface area contributed by atoms with Crippen molar-refractivity contribution >= 4 is 11.6 Å². The molecule has 94 valence electrons. The Bertz CT molecular complexity index is 375. The van der Waals surface area contributed by atoms with Gasteiger partial charge in [-0.3, -0.25) is 0 Å². The lowest BCUT2D eigenvalue weighted by Crippen LogP contribution is -2.31. The second-order valence-electron chi connectivity index (χ2n) is 5.32. The van der Waals surface area contributed by atoms with Gasteiger partial charge in [0, 0.05) is 11.1 Å². The summed E-state index contributed by atoms with van der Waals surface area (Å²) in [5, 5.41) is 4.35. The second-order valence-corrected chi connectivity index (χ2v) is 5.72. The summed E-state index contributed by atoms with van der Waals surface area (Å²) in [6, 6.07) is 7.15. The Hall–Kier alpha value is -0.530. The van der Waals surface area contributed by atoms with E-state index in [1.54, 1.807) is 0 Å². The molecule has 1 aliphatic rings. The van der Waals surface area contributed by atoms with Gasteiger partial charge in [0.2, 0.25) is 0 Å². The van der Waals surface area contributed by atoms with Gasteiger partial charge in [0.25, 0.3) is 0 Å². The SMILES string of the molecule is CNC1CCCC(Cc2ccc(C)cc2Cl)C1. The molecular weight excluding hydrogens is 230 g/mol. The minimum absolute atomic E-state index is 0.706. The quantitative estimate of drug-likeness (QED) is 0.857. The number of hydrogen-bond acceptors (Lipinski definition) is 1.